The molecule has 6 nitrogen and oxygen atoms in total. The summed E-state index contributed by atoms with van der Waals surface area (Å²) in [7, 11) is 0. The predicted octanol–water partition coefficient (Wildman–Crippen LogP) is -0.539. The minimum atomic E-state index is -0.793. The zero-order valence-corrected chi connectivity index (χ0v) is 11.2. The number of piperazine rings is 1. The van der Waals surface area contributed by atoms with Crippen molar-refractivity contribution in [3.8, 4) is 0 Å². The maximum absolute atomic E-state index is 11.6. The van der Waals surface area contributed by atoms with Crippen LogP contribution in [0.5, 0.6) is 0 Å². The number of rotatable bonds is 6. The largest absolute Gasteiger partial charge is 0.480 e. The first kappa shape index (κ1) is 14.9. The summed E-state index contributed by atoms with van der Waals surface area (Å²) in [6.07, 6.45) is 0. The molecule has 0 aromatic carbocycles. The Morgan fingerprint density at radius 2 is 1.61 bits per heavy atom. The van der Waals surface area contributed by atoms with Gasteiger partial charge in [0.05, 0.1) is 13.1 Å². The summed E-state index contributed by atoms with van der Waals surface area (Å²) in [6.45, 7) is 8.26. The topological polar surface area (TPSA) is 72.9 Å². The fourth-order valence-electron chi connectivity index (χ4n) is 1.87. The van der Waals surface area contributed by atoms with Gasteiger partial charge in [0.1, 0.15) is 0 Å². The third-order valence-electron chi connectivity index (χ3n) is 2.90. The number of hydrogen-bond donors (Lipinski definition) is 2. The van der Waals surface area contributed by atoms with E-state index in [1.807, 2.05) is 4.90 Å². The van der Waals surface area contributed by atoms with Crippen LogP contribution in [0.3, 0.4) is 0 Å². The SMILES string of the molecule is CC(C)CNC(=O)CN1CCN(CC(=O)O)CC1. The van der Waals surface area contributed by atoms with Gasteiger partial charge in [-0.25, -0.2) is 0 Å². The van der Waals surface area contributed by atoms with Gasteiger partial charge in [0.25, 0.3) is 0 Å². The molecule has 0 radical (unpaired) electrons. The lowest BCUT2D eigenvalue weighted by Gasteiger charge is -2.33. The summed E-state index contributed by atoms with van der Waals surface area (Å²) in [5, 5.41) is 11.6. The van der Waals surface area contributed by atoms with Gasteiger partial charge in [-0.15, -0.1) is 0 Å². The smallest absolute Gasteiger partial charge is 0.317 e. The molecule has 0 aliphatic carbocycles. The molecule has 104 valence electrons. The van der Waals surface area contributed by atoms with Gasteiger partial charge in [0.2, 0.25) is 5.91 Å². The number of carboxylic acids is 1. The highest BCUT2D eigenvalue weighted by molar-refractivity contribution is 5.78. The molecule has 0 atom stereocenters. The van der Waals surface area contributed by atoms with E-state index in [1.54, 1.807) is 0 Å². The van der Waals surface area contributed by atoms with Gasteiger partial charge in [-0.2, -0.15) is 0 Å². The summed E-state index contributed by atoms with van der Waals surface area (Å²) in [5.74, 6) is -0.283. The number of carbonyl (C=O) groups is 2. The van der Waals surface area contributed by atoms with Crippen LogP contribution in [0.1, 0.15) is 13.8 Å². The fraction of sp³-hybridized carbons (Fsp3) is 0.833. The monoisotopic (exact) mass is 257 g/mol. The van der Waals surface area contributed by atoms with Crippen molar-refractivity contribution < 1.29 is 14.7 Å². The minimum Gasteiger partial charge on any atom is -0.480 e. The second-order valence-electron chi connectivity index (χ2n) is 5.14. The van der Waals surface area contributed by atoms with E-state index in [2.05, 4.69) is 24.1 Å². The van der Waals surface area contributed by atoms with Crippen LogP contribution in [-0.4, -0.2) is 72.6 Å². The second-order valence-corrected chi connectivity index (χ2v) is 5.14. The lowest BCUT2D eigenvalue weighted by Crippen LogP contribution is -2.50. The molecular formula is C12H23N3O3. The Kier molecular flexibility index (Phi) is 6.07. The molecule has 18 heavy (non-hydrogen) atoms. The van der Waals surface area contributed by atoms with E-state index in [0.29, 0.717) is 32.1 Å². The Bertz CT molecular complexity index is 286. The highest BCUT2D eigenvalue weighted by Crippen LogP contribution is 2.00. The third kappa shape index (κ3) is 5.97. The molecule has 1 saturated heterocycles. The van der Waals surface area contributed by atoms with Crippen LogP contribution in [0.2, 0.25) is 0 Å². The van der Waals surface area contributed by atoms with Crippen LogP contribution in [0.15, 0.2) is 0 Å². The van der Waals surface area contributed by atoms with Gasteiger partial charge in [0, 0.05) is 32.7 Å². The standard InChI is InChI=1S/C12H23N3O3/c1-10(2)7-13-11(16)8-14-3-5-15(6-4-14)9-12(17)18/h10H,3-9H2,1-2H3,(H,13,16)(H,17,18). The highest BCUT2D eigenvalue weighted by atomic mass is 16.4. The molecule has 1 aliphatic heterocycles. The van der Waals surface area contributed by atoms with Gasteiger partial charge < -0.3 is 10.4 Å². The van der Waals surface area contributed by atoms with Crippen LogP contribution in [-0.2, 0) is 9.59 Å². The van der Waals surface area contributed by atoms with Crippen molar-refractivity contribution in [2.24, 2.45) is 5.92 Å². The van der Waals surface area contributed by atoms with E-state index >= 15 is 0 Å². The summed E-state index contributed by atoms with van der Waals surface area (Å²) in [6, 6.07) is 0. The quantitative estimate of drug-likeness (QED) is 0.668. The fourth-order valence-corrected chi connectivity index (χ4v) is 1.87. The first-order chi connectivity index (χ1) is 8.47. The Balaban J connectivity index is 2.18. The molecule has 2 N–H and O–H groups in total. The number of hydrogen-bond acceptors (Lipinski definition) is 4. The number of nitrogens with zero attached hydrogens (tertiary/aromatic N) is 2. The molecule has 1 amide bonds. The van der Waals surface area contributed by atoms with E-state index in [0.717, 1.165) is 13.1 Å². The molecule has 0 spiro atoms. The summed E-state index contributed by atoms with van der Waals surface area (Å²) < 4.78 is 0. The van der Waals surface area contributed by atoms with Gasteiger partial charge in [-0.3, -0.25) is 19.4 Å². The molecule has 0 bridgehead atoms. The average molecular weight is 257 g/mol. The van der Waals surface area contributed by atoms with E-state index < -0.39 is 5.97 Å². The molecule has 6 heteroatoms. The molecular weight excluding hydrogens is 234 g/mol. The molecule has 0 saturated carbocycles. The van der Waals surface area contributed by atoms with Crippen LogP contribution in [0.4, 0.5) is 0 Å². The first-order valence-corrected chi connectivity index (χ1v) is 6.40. The van der Waals surface area contributed by atoms with E-state index in [1.165, 1.54) is 0 Å². The summed E-state index contributed by atoms with van der Waals surface area (Å²) in [5.41, 5.74) is 0. The number of nitrogens with one attached hydrogen (secondary N) is 1. The van der Waals surface area contributed by atoms with Crippen molar-refractivity contribution in [2.75, 3.05) is 45.8 Å². The summed E-state index contributed by atoms with van der Waals surface area (Å²) >= 11 is 0. The van der Waals surface area contributed by atoms with Crippen LogP contribution < -0.4 is 5.32 Å². The van der Waals surface area contributed by atoms with Crippen molar-refractivity contribution in [3.05, 3.63) is 0 Å². The Labute approximate surface area is 108 Å². The Morgan fingerprint density at radius 1 is 1.11 bits per heavy atom. The Hall–Kier alpha value is -1.14. The van der Waals surface area contributed by atoms with Crippen molar-refractivity contribution >= 4 is 11.9 Å². The lowest BCUT2D eigenvalue weighted by atomic mass is 10.2. The normalized spacial score (nSPS) is 17.9. The zero-order valence-electron chi connectivity index (χ0n) is 11.2. The van der Waals surface area contributed by atoms with Gasteiger partial charge in [0.15, 0.2) is 0 Å². The lowest BCUT2D eigenvalue weighted by molar-refractivity contribution is -0.139. The Morgan fingerprint density at radius 3 is 2.06 bits per heavy atom. The highest BCUT2D eigenvalue weighted by Gasteiger charge is 2.20. The molecule has 1 aliphatic rings. The zero-order chi connectivity index (χ0) is 13.5. The minimum absolute atomic E-state index is 0.0513. The van der Waals surface area contributed by atoms with E-state index in [4.69, 9.17) is 5.11 Å². The first-order valence-electron chi connectivity index (χ1n) is 6.40. The molecule has 1 heterocycles. The number of amides is 1. The molecule has 1 fully saturated rings. The molecule has 1 rings (SSSR count). The number of carboxylic acid groups (broad SMARTS) is 1. The van der Waals surface area contributed by atoms with Crippen molar-refractivity contribution in [1.29, 1.82) is 0 Å². The second kappa shape index (κ2) is 7.33. The van der Waals surface area contributed by atoms with Gasteiger partial charge >= 0.3 is 5.97 Å². The maximum atomic E-state index is 11.6. The third-order valence-corrected chi connectivity index (χ3v) is 2.90. The van der Waals surface area contributed by atoms with E-state index in [-0.39, 0.29) is 12.5 Å². The maximum Gasteiger partial charge on any atom is 0.317 e. The van der Waals surface area contributed by atoms with Crippen LogP contribution >= 0.6 is 0 Å². The van der Waals surface area contributed by atoms with Crippen molar-refractivity contribution in [2.45, 2.75) is 13.8 Å². The molecule has 0 unspecified atom stereocenters. The van der Waals surface area contributed by atoms with Crippen LogP contribution in [0, 0.1) is 5.92 Å². The van der Waals surface area contributed by atoms with Crippen molar-refractivity contribution in [1.82, 2.24) is 15.1 Å². The molecule has 0 aromatic rings. The van der Waals surface area contributed by atoms with Crippen LogP contribution in [0.25, 0.3) is 0 Å². The summed E-state index contributed by atoms with van der Waals surface area (Å²) in [4.78, 5) is 26.1. The van der Waals surface area contributed by atoms with Gasteiger partial charge in [-0.05, 0) is 5.92 Å². The average Bonchev–Trinajstić information content (AvgIpc) is 2.28. The number of aliphatic carboxylic acids is 1. The van der Waals surface area contributed by atoms with E-state index in [9.17, 15) is 9.59 Å². The molecule has 0 aromatic heterocycles. The van der Waals surface area contributed by atoms with Crippen molar-refractivity contribution in [3.63, 3.8) is 0 Å². The number of carbonyl (C=O) groups excluding carboxylic acids is 1. The van der Waals surface area contributed by atoms with Gasteiger partial charge in [-0.1, -0.05) is 13.8 Å². The predicted molar refractivity (Wildman–Crippen MR) is 68.4 cm³/mol.